The molecular formula is C7H14ClNO. The number of hydrogen-bond donors (Lipinski definition) is 1. The maximum atomic E-state index is 5.54. The van der Waals surface area contributed by atoms with Crippen molar-refractivity contribution in [1.29, 1.82) is 0 Å². The lowest BCUT2D eigenvalue weighted by molar-refractivity contribution is 0.0113. The molecule has 1 aliphatic heterocycles. The summed E-state index contributed by atoms with van der Waals surface area (Å²) in [5, 5.41) is 3.46. The van der Waals surface area contributed by atoms with E-state index in [0.717, 1.165) is 13.2 Å². The topological polar surface area (TPSA) is 21.3 Å². The zero-order valence-electron chi connectivity index (χ0n) is 6.01. The third-order valence-corrected chi connectivity index (χ3v) is 2.29. The van der Waals surface area contributed by atoms with Crippen LogP contribution in [0.1, 0.15) is 19.3 Å². The molecule has 0 radical (unpaired) electrons. The average Bonchev–Trinajstić information content (AvgIpc) is 2.33. The molecule has 10 heavy (non-hydrogen) atoms. The molecule has 2 fully saturated rings. The van der Waals surface area contributed by atoms with Crippen molar-refractivity contribution in [2.45, 2.75) is 31.4 Å². The summed E-state index contributed by atoms with van der Waals surface area (Å²) in [6.45, 7) is 1.97. The molecule has 0 spiro atoms. The Labute approximate surface area is 67.7 Å². The molecule has 1 heterocycles. The summed E-state index contributed by atoms with van der Waals surface area (Å²) < 4.78 is 5.54. The van der Waals surface area contributed by atoms with Crippen molar-refractivity contribution in [3.8, 4) is 0 Å². The van der Waals surface area contributed by atoms with Gasteiger partial charge < -0.3 is 10.1 Å². The van der Waals surface area contributed by atoms with Gasteiger partial charge in [-0.2, -0.15) is 0 Å². The maximum Gasteiger partial charge on any atom is 0.0728 e. The monoisotopic (exact) mass is 163 g/mol. The van der Waals surface area contributed by atoms with E-state index < -0.39 is 0 Å². The fraction of sp³-hybridized carbons (Fsp3) is 1.00. The molecular weight excluding hydrogens is 150 g/mol. The number of rotatable bonds is 0. The van der Waals surface area contributed by atoms with Crippen molar-refractivity contribution >= 4 is 12.4 Å². The first kappa shape index (κ1) is 8.31. The van der Waals surface area contributed by atoms with Crippen LogP contribution in [0.4, 0.5) is 0 Å². The van der Waals surface area contributed by atoms with Gasteiger partial charge in [0.1, 0.15) is 0 Å². The zero-order valence-corrected chi connectivity index (χ0v) is 6.82. The molecule has 2 atom stereocenters. The van der Waals surface area contributed by atoms with Crippen LogP contribution in [0.25, 0.3) is 0 Å². The van der Waals surface area contributed by atoms with Crippen LogP contribution in [0, 0.1) is 0 Å². The minimum Gasteiger partial charge on any atom is -0.375 e. The van der Waals surface area contributed by atoms with Crippen molar-refractivity contribution in [3.63, 3.8) is 0 Å². The molecule has 2 aliphatic rings. The van der Waals surface area contributed by atoms with Crippen molar-refractivity contribution in [3.05, 3.63) is 0 Å². The van der Waals surface area contributed by atoms with Gasteiger partial charge in [0.05, 0.1) is 12.7 Å². The van der Waals surface area contributed by atoms with Gasteiger partial charge in [-0.15, -0.1) is 12.4 Å². The summed E-state index contributed by atoms with van der Waals surface area (Å²) in [4.78, 5) is 0. The summed E-state index contributed by atoms with van der Waals surface area (Å²) in [5.41, 5.74) is 0. The molecule has 0 aromatic rings. The van der Waals surface area contributed by atoms with Crippen LogP contribution >= 0.6 is 12.4 Å². The summed E-state index contributed by atoms with van der Waals surface area (Å²) in [5.74, 6) is 0. The highest BCUT2D eigenvalue weighted by atomic mass is 35.5. The second-order valence-electron chi connectivity index (χ2n) is 2.90. The van der Waals surface area contributed by atoms with Crippen LogP contribution in [0.15, 0.2) is 0 Å². The lowest BCUT2D eigenvalue weighted by Crippen LogP contribution is -2.44. The minimum atomic E-state index is 0. The van der Waals surface area contributed by atoms with Crippen LogP contribution in [-0.2, 0) is 4.74 Å². The fourth-order valence-electron chi connectivity index (χ4n) is 1.81. The quantitative estimate of drug-likeness (QED) is 0.574. The number of fused-ring (bicyclic) bond motifs is 1. The maximum absolute atomic E-state index is 5.54. The Hall–Kier alpha value is 0.210. The first-order valence-corrected chi connectivity index (χ1v) is 3.82. The molecule has 0 aromatic carbocycles. The highest BCUT2D eigenvalue weighted by molar-refractivity contribution is 5.85. The zero-order chi connectivity index (χ0) is 6.10. The van der Waals surface area contributed by atoms with Gasteiger partial charge in [0.25, 0.3) is 0 Å². The van der Waals surface area contributed by atoms with Crippen LogP contribution < -0.4 is 5.32 Å². The molecule has 0 bridgehead atoms. The van der Waals surface area contributed by atoms with Crippen LogP contribution in [0.5, 0.6) is 0 Å². The predicted molar refractivity (Wildman–Crippen MR) is 42.6 cm³/mol. The SMILES string of the molecule is C1C[C@H]2NCCO[C@@H]2C1.Cl. The molecule has 2 rings (SSSR count). The van der Waals surface area contributed by atoms with Crippen molar-refractivity contribution < 1.29 is 4.74 Å². The third kappa shape index (κ3) is 1.44. The highest BCUT2D eigenvalue weighted by Gasteiger charge is 2.29. The van der Waals surface area contributed by atoms with Crippen LogP contribution in [0.2, 0.25) is 0 Å². The first-order chi connectivity index (χ1) is 4.47. The predicted octanol–water partition coefficient (Wildman–Crippen LogP) is 0.949. The van der Waals surface area contributed by atoms with E-state index in [1.54, 1.807) is 0 Å². The van der Waals surface area contributed by atoms with E-state index in [1.165, 1.54) is 19.3 Å². The molecule has 3 heteroatoms. The van der Waals surface area contributed by atoms with Crippen LogP contribution in [-0.4, -0.2) is 25.3 Å². The third-order valence-electron chi connectivity index (χ3n) is 2.29. The molecule has 2 nitrogen and oxygen atoms in total. The Kier molecular flexibility index (Phi) is 2.96. The lowest BCUT2D eigenvalue weighted by Gasteiger charge is -2.26. The summed E-state index contributed by atoms with van der Waals surface area (Å²) in [6.07, 6.45) is 4.50. The normalized spacial score (nSPS) is 38.4. The molecule has 1 saturated carbocycles. The van der Waals surface area contributed by atoms with Gasteiger partial charge >= 0.3 is 0 Å². The van der Waals surface area contributed by atoms with Gasteiger partial charge in [-0.1, -0.05) is 0 Å². The smallest absolute Gasteiger partial charge is 0.0728 e. The van der Waals surface area contributed by atoms with E-state index in [2.05, 4.69) is 5.32 Å². The second-order valence-corrected chi connectivity index (χ2v) is 2.90. The molecule has 60 valence electrons. The molecule has 0 unspecified atom stereocenters. The highest BCUT2D eigenvalue weighted by Crippen LogP contribution is 2.23. The van der Waals surface area contributed by atoms with Crippen molar-refractivity contribution in [2.75, 3.05) is 13.2 Å². The minimum absolute atomic E-state index is 0. The van der Waals surface area contributed by atoms with Gasteiger partial charge in [-0.3, -0.25) is 0 Å². The second kappa shape index (κ2) is 3.56. The first-order valence-electron chi connectivity index (χ1n) is 3.82. The van der Waals surface area contributed by atoms with Gasteiger partial charge in [0, 0.05) is 12.6 Å². The molecule has 1 N–H and O–H groups in total. The average molecular weight is 164 g/mol. The van der Waals surface area contributed by atoms with E-state index in [4.69, 9.17) is 4.74 Å². The van der Waals surface area contributed by atoms with Crippen LogP contribution in [0.3, 0.4) is 0 Å². The number of halogens is 1. The number of morpholine rings is 1. The molecule has 0 amide bonds. The summed E-state index contributed by atoms with van der Waals surface area (Å²) in [7, 11) is 0. The Morgan fingerprint density at radius 1 is 1.30 bits per heavy atom. The van der Waals surface area contributed by atoms with Gasteiger partial charge in [0.2, 0.25) is 0 Å². The van der Waals surface area contributed by atoms with E-state index in [-0.39, 0.29) is 12.4 Å². The largest absolute Gasteiger partial charge is 0.375 e. The molecule has 1 aliphatic carbocycles. The van der Waals surface area contributed by atoms with E-state index in [9.17, 15) is 0 Å². The number of ether oxygens (including phenoxy) is 1. The van der Waals surface area contributed by atoms with E-state index in [1.807, 2.05) is 0 Å². The summed E-state index contributed by atoms with van der Waals surface area (Å²) >= 11 is 0. The number of hydrogen-bond acceptors (Lipinski definition) is 2. The van der Waals surface area contributed by atoms with Crippen molar-refractivity contribution in [2.24, 2.45) is 0 Å². The fourth-order valence-corrected chi connectivity index (χ4v) is 1.81. The Morgan fingerprint density at radius 2 is 2.20 bits per heavy atom. The lowest BCUT2D eigenvalue weighted by atomic mass is 10.2. The Morgan fingerprint density at radius 3 is 3.00 bits per heavy atom. The Balaban J connectivity index is 0.000000500. The number of nitrogens with one attached hydrogen (secondary N) is 1. The van der Waals surface area contributed by atoms with Gasteiger partial charge in [-0.25, -0.2) is 0 Å². The van der Waals surface area contributed by atoms with Crippen molar-refractivity contribution in [1.82, 2.24) is 5.32 Å². The standard InChI is InChI=1S/C7H13NO.ClH/c1-2-6-7(3-1)9-5-4-8-6;/h6-8H,1-5H2;1H/t6-,7-;/m1./s1. The molecule has 0 aromatic heterocycles. The summed E-state index contributed by atoms with van der Waals surface area (Å²) in [6, 6.07) is 0.693. The Bertz CT molecular complexity index is 97.8. The van der Waals surface area contributed by atoms with Gasteiger partial charge in [-0.05, 0) is 19.3 Å². The van der Waals surface area contributed by atoms with E-state index in [0.29, 0.717) is 12.1 Å². The van der Waals surface area contributed by atoms with Gasteiger partial charge in [0.15, 0.2) is 0 Å². The molecule has 1 saturated heterocycles. The van der Waals surface area contributed by atoms with E-state index >= 15 is 0 Å².